The van der Waals surface area contributed by atoms with Gasteiger partial charge in [-0.05, 0) is 12.8 Å². The quantitative estimate of drug-likeness (QED) is 0.254. The zero-order valence-corrected chi connectivity index (χ0v) is 10.6. The Morgan fingerprint density at radius 3 is 2.63 bits per heavy atom. The van der Waals surface area contributed by atoms with Gasteiger partial charge in [-0.25, -0.2) is 0 Å². The number of carbonyl (C=O) groups is 1. The number of nitrogens with two attached hydrogens (primary N) is 2. The van der Waals surface area contributed by atoms with Gasteiger partial charge in [-0.2, -0.15) is 0 Å². The van der Waals surface area contributed by atoms with E-state index in [1.165, 1.54) is 0 Å². The van der Waals surface area contributed by atoms with Gasteiger partial charge in [-0.1, -0.05) is 0 Å². The lowest BCUT2D eigenvalue weighted by molar-refractivity contribution is -0.117. The van der Waals surface area contributed by atoms with Crippen LogP contribution in [-0.4, -0.2) is 37.6 Å². The molecule has 104 valence electrons. The molecule has 19 heavy (non-hydrogen) atoms. The molecular formula is C12H19N5O2. The molecule has 7 nitrogen and oxygen atoms in total. The van der Waals surface area contributed by atoms with E-state index in [-0.39, 0.29) is 22.9 Å². The van der Waals surface area contributed by atoms with Gasteiger partial charge >= 0.3 is 0 Å². The van der Waals surface area contributed by atoms with Crippen molar-refractivity contribution in [1.29, 1.82) is 10.8 Å². The normalized spacial score (nSPS) is 20.6. The lowest BCUT2D eigenvalue weighted by Crippen LogP contribution is -2.34. The smallest absolute Gasteiger partial charge is 0.255 e. The van der Waals surface area contributed by atoms with Crippen LogP contribution in [0.1, 0.15) is 12.8 Å². The predicted octanol–water partition coefficient (Wildman–Crippen LogP) is -0.364. The van der Waals surface area contributed by atoms with Crippen LogP contribution in [0.2, 0.25) is 0 Å². The Kier molecular flexibility index (Phi) is 5.74. The number of hydrogen-bond donors (Lipinski definition) is 5. The van der Waals surface area contributed by atoms with Crippen LogP contribution in [0.25, 0.3) is 0 Å². The lowest BCUT2D eigenvalue weighted by Gasteiger charge is -2.12. The van der Waals surface area contributed by atoms with Crippen LogP contribution >= 0.6 is 0 Å². The van der Waals surface area contributed by atoms with Crippen molar-refractivity contribution < 1.29 is 9.53 Å². The molecule has 1 atom stereocenters. The molecule has 1 rings (SSSR count). The molecule has 0 aliphatic carbocycles. The number of hydrogen-bond acceptors (Lipinski definition) is 6. The average molecular weight is 265 g/mol. The summed E-state index contributed by atoms with van der Waals surface area (Å²) in [5.41, 5.74) is 11.2. The molecule has 1 saturated heterocycles. The summed E-state index contributed by atoms with van der Waals surface area (Å²) in [5.74, 6) is -0.468. The fourth-order valence-electron chi connectivity index (χ4n) is 1.74. The minimum atomic E-state index is -0.468. The molecule has 0 aromatic carbocycles. The Bertz CT molecular complexity index is 422. The van der Waals surface area contributed by atoms with Gasteiger partial charge in [-0.15, -0.1) is 0 Å². The highest BCUT2D eigenvalue weighted by atomic mass is 16.5. The van der Waals surface area contributed by atoms with E-state index in [1.54, 1.807) is 0 Å². The maximum absolute atomic E-state index is 11.9. The van der Waals surface area contributed by atoms with Crippen LogP contribution in [0, 0.1) is 10.8 Å². The summed E-state index contributed by atoms with van der Waals surface area (Å²) in [6.07, 6.45) is 4.83. The monoisotopic (exact) mass is 265 g/mol. The molecule has 7 heteroatoms. The summed E-state index contributed by atoms with van der Waals surface area (Å²) in [6, 6.07) is 0. The molecule has 1 fully saturated rings. The van der Waals surface area contributed by atoms with E-state index >= 15 is 0 Å². The summed E-state index contributed by atoms with van der Waals surface area (Å²) >= 11 is 0. The van der Waals surface area contributed by atoms with Crippen molar-refractivity contribution in [3.8, 4) is 0 Å². The third-order valence-corrected chi connectivity index (χ3v) is 2.84. The molecule has 0 aromatic heterocycles. The average Bonchev–Trinajstić information content (AvgIpc) is 2.92. The second-order valence-corrected chi connectivity index (χ2v) is 4.08. The van der Waals surface area contributed by atoms with Crippen molar-refractivity contribution in [3.05, 3.63) is 23.0 Å². The molecule has 7 N–H and O–H groups in total. The van der Waals surface area contributed by atoms with Crippen LogP contribution in [0.4, 0.5) is 0 Å². The first-order chi connectivity index (χ1) is 9.13. The summed E-state index contributed by atoms with van der Waals surface area (Å²) < 4.78 is 5.38. The van der Waals surface area contributed by atoms with Crippen molar-refractivity contribution in [2.24, 2.45) is 11.5 Å². The van der Waals surface area contributed by atoms with Gasteiger partial charge in [0.15, 0.2) is 0 Å². The second kappa shape index (κ2) is 7.32. The summed E-state index contributed by atoms with van der Waals surface area (Å²) in [6.45, 7) is 1.10. The van der Waals surface area contributed by atoms with Crippen molar-refractivity contribution in [3.63, 3.8) is 0 Å². The first-order valence-electron chi connectivity index (χ1n) is 5.96. The Labute approximate surface area is 111 Å². The van der Waals surface area contributed by atoms with Crippen LogP contribution < -0.4 is 16.8 Å². The van der Waals surface area contributed by atoms with E-state index in [2.05, 4.69) is 5.32 Å². The molecule has 1 amide bonds. The molecule has 0 saturated carbocycles. The summed E-state index contributed by atoms with van der Waals surface area (Å²) in [4.78, 5) is 11.9. The van der Waals surface area contributed by atoms with Crippen molar-refractivity contribution in [2.75, 3.05) is 13.2 Å². The highest BCUT2D eigenvalue weighted by Crippen LogP contribution is 2.11. The van der Waals surface area contributed by atoms with Crippen LogP contribution in [-0.2, 0) is 9.53 Å². The highest BCUT2D eigenvalue weighted by molar-refractivity contribution is 6.13. The molecule has 1 heterocycles. The molecule has 0 radical (unpaired) electrons. The van der Waals surface area contributed by atoms with Gasteiger partial charge in [0, 0.05) is 37.4 Å². The number of rotatable bonds is 6. The molecular weight excluding hydrogens is 246 g/mol. The molecule has 1 aliphatic heterocycles. The fraction of sp³-hybridized carbons (Fsp3) is 0.417. The maximum Gasteiger partial charge on any atom is 0.255 e. The predicted molar refractivity (Wildman–Crippen MR) is 73.0 cm³/mol. The van der Waals surface area contributed by atoms with Crippen LogP contribution in [0.15, 0.2) is 23.0 Å². The molecule has 0 bridgehead atoms. The standard InChI is InChI=1S/C12H19N5O2/c13-4-8(5-14)11(16)10(6-15)12(18)17-7-9-2-1-3-19-9/h4-6,9,13,15H,1-3,7,14,16H2,(H,17,18). The van der Waals surface area contributed by atoms with Gasteiger partial charge in [-0.3, -0.25) is 4.79 Å². The SMILES string of the molecule is N=CC(=CN)C(N)=C(C=N)C(=O)NCC1CCCO1. The summed E-state index contributed by atoms with van der Waals surface area (Å²) in [7, 11) is 0. The number of carbonyl (C=O) groups excluding carboxylic acids is 1. The largest absolute Gasteiger partial charge is 0.404 e. The Balaban J connectivity index is 2.72. The summed E-state index contributed by atoms with van der Waals surface area (Å²) in [5, 5.41) is 17.0. The van der Waals surface area contributed by atoms with Gasteiger partial charge in [0.2, 0.25) is 0 Å². The highest BCUT2D eigenvalue weighted by Gasteiger charge is 2.18. The van der Waals surface area contributed by atoms with E-state index < -0.39 is 5.91 Å². The Hall–Kier alpha value is -2.15. The van der Waals surface area contributed by atoms with E-state index in [0.29, 0.717) is 13.2 Å². The van der Waals surface area contributed by atoms with E-state index in [4.69, 9.17) is 27.0 Å². The molecule has 1 unspecified atom stereocenters. The first-order valence-corrected chi connectivity index (χ1v) is 5.96. The maximum atomic E-state index is 11.9. The van der Waals surface area contributed by atoms with E-state index in [0.717, 1.165) is 31.5 Å². The van der Waals surface area contributed by atoms with Crippen LogP contribution in [0.3, 0.4) is 0 Å². The number of nitrogens with one attached hydrogen (secondary N) is 3. The zero-order chi connectivity index (χ0) is 14.3. The third-order valence-electron chi connectivity index (χ3n) is 2.84. The van der Waals surface area contributed by atoms with Gasteiger partial charge in [0.1, 0.15) is 0 Å². The fourth-order valence-corrected chi connectivity index (χ4v) is 1.74. The molecule has 1 aliphatic rings. The van der Waals surface area contributed by atoms with Crippen molar-refractivity contribution in [1.82, 2.24) is 5.32 Å². The van der Waals surface area contributed by atoms with Crippen molar-refractivity contribution in [2.45, 2.75) is 18.9 Å². The number of amides is 1. The first kappa shape index (κ1) is 14.9. The van der Waals surface area contributed by atoms with Gasteiger partial charge < -0.3 is 32.3 Å². The van der Waals surface area contributed by atoms with Gasteiger partial charge in [0.05, 0.1) is 17.4 Å². The topological polar surface area (TPSA) is 138 Å². The zero-order valence-electron chi connectivity index (χ0n) is 10.6. The molecule has 0 aromatic rings. The van der Waals surface area contributed by atoms with E-state index in [1.807, 2.05) is 0 Å². The van der Waals surface area contributed by atoms with Crippen molar-refractivity contribution >= 4 is 18.3 Å². The Morgan fingerprint density at radius 1 is 1.42 bits per heavy atom. The second-order valence-electron chi connectivity index (χ2n) is 4.08. The third kappa shape index (κ3) is 3.92. The number of ether oxygens (including phenoxy) is 1. The van der Waals surface area contributed by atoms with Gasteiger partial charge in [0.25, 0.3) is 5.91 Å². The minimum absolute atomic E-state index is 0.0114. The minimum Gasteiger partial charge on any atom is -0.404 e. The molecule has 0 spiro atoms. The Morgan fingerprint density at radius 2 is 2.16 bits per heavy atom. The number of allylic oxidation sites excluding steroid dienone is 1. The lowest BCUT2D eigenvalue weighted by atomic mass is 10.1. The van der Waals surface area contributed by atoms with Crippen LogP contribution in [0.5, 0.6) is 0 Å². The van der Waals surface area contributed by atoms with E-state index in [9.17, 15) is 4.79 Å².